The average molecular weight is 343 g/mol. The maximum atomic E-state index is 6.28. The molecule has 0 saturated heterocycles. The normalized spacial score (nSPS) is 12.7. The van der Waals surface area contributed by atoms with Crippen LogP contribution in [0.2, 0.25) is 5.02 Å². The first-order valence-electron chi connectivity index (χ1n) is 6.19. The molecule has 0 aliphatic heterocycles. The van der Waals surface area contributed by atoms with E-state index in [0.717, 1.165) is 33.0 Å². The molecule has 1 atom stereocenters. The second-order valence-electron chi connectivity index (χ2n) is 4.65. The van der Waals surface area contributed by atoms with Crippen molar-refractivity contribution < 1.29 is 4.42 Å². The van der Waals surface area contributed by atoms with E-state index in [9.17, 15) is 0 Å². The molecule has 1 aromatic heterocycles. The molecule has 0 bridgehead atoms. The fourth-order valence-electron chi connectivity index (χ4n) is 2.27. The molecule has 2 rings (SSSR count). The summed E-state index contributed by atoms with van der Waals surface area (Å²) in [5, 5.41) is 4.12. The van der Waals surface area contributed by atoms with Gasteiger partial charge in [-0.25, -0.2) is 0 Å². The third kappa shape index (κ3) is 3.41. The molecule has 1 aromatic carbocycles. The Kier molecular flexibility index (Phi) is 4.71. The summed E-state index contributed by atoms with van der Waals surface area (Å²) in [5.41, 5.74) is 2.32. The van der Waals surface area contributed by atoms with Gasteiger partial charge in [0.05, 0.1) is 0 Å². The molecule has 0 radical (unpaired) electrons. The van der Waals surface area contributed by atoms with Crippen molar-refractivity contribution in [2.24, 2.45) is 0 Å². The minimum Gasteiger partial charge on any atom is -0.466 e. The molecule has 19 heavy (non-hydrogen) atoms. The molecular weight excluding hydrogens is 326 g/mol. The molecule has 2 aromatic rings. The van der Waals surface area contributed by atoms with Crippen LogP contribution in [0, 0.1) is 13.8 Å². The fourth-order valence-corrected chi connectivity index (χ4v) is 3.02. The Hall–Kier alpha value is -0.770. The third-order valence-electron chi connectivity index (χ3n) is 3.24. The second kappa shape index (κ2) is 6.12. The van der Waals surface area contributed by atoms with Gasteiger partial charge in [0.1, 0.15) is 11.5 Å². The molecule has 2 nitrogen and oxygen atoms in total. The molecule has 0 fully saturated rings. The number of hydrogen-bond donors (Lipinski definition) is 1. The van der Waals surface area contributed by atoms with Crippen LogP contribution in [0.15, 0.2) is 33.2 Å². The van der Waals surface area contributed by atoms with Crippen LogP contribution >= 0.6 is 27.5 Å². The SMILES string of the molecule is CNC(Cc1ccc(Br)cc1Cl)c1cc(C)oc1C. The van der Waals surface area contributed by atoms with Gasteiger partial charge in [-0.2, -0.15) is 0 Å². The maximum absolute atomic E-state index is 6.28. The van der Waals surface area contributed by atoms with E-state index in [1.807, 2.05) is 33.0 Å². The summed E-state index contributed by atoms with van der Waals surface area (Å²) < 4.78 is 6.60. The van der Waals surface area contributed by atoms with Gasteiger partial charge in [-0.05, 0) is 51.1 Å². The maximum Gasteiger partial charge on any atom is 0.105 e. The lowest BCUT2D eigenvalue weighted by atomic mass is 9.99. The molecular formula is C15H17BrClNO. The Labute approximate surface area is 127 Å². The number of likely N-dealkylation sites (N-methyl/N-ethyl adjacent to an activating group) is 1. The topological polar surface area (TPSA) is 25.2 Å². The summed E-state index contributed by atoms with van der Waals surface area (Å²) in [7, 11) is 1.96. The summed E-state index contributed by atoms with van der Waals surface area (Å²) in [4.78, 5) is 0. The molecule has 1 heterocycles. The summed E-state index contributed by atoms with van der Waals surface area (Å²) >= 11 is 9.71. The second-order valence-corrected chi connectivity index (χ2v) is 5.97. The van der Waals surface area contributed by atoms with Crippen LogP contribution in [-0.4, -0.2) is 7.05 Å². The third-order valence-corrected chi connectivity index (χ3v) is 4.09. The number of furan rings is 1. The highest BCUT2D eigenvalue weighted by atomic mass is 79.9. The van der Waals surface area contributed by atoms with Gasteiger partial charge < -0.3 is 9.73 Å². The monoisotopic (exact) mass is 341 g/mol. The highest BCUT2D eigenvalue weighted by Gasteiger charge is 2.17. The van der Waals surface area contributed by atoms with Gasteiger partial charge in [0, 0.05) is 21.1 Å². The molecule has 0 amide bonds. The summed E-state index contributed by atoms with van der Waals surface area (Å²) in [6.07, 6.45) is 0.836. The highest BCUT2D eigenvalue weighted by Crippen LogP contribution is 2.28. The van der Waals surface area contributed by atoms with Crippen molar-refractivity contribution in [1.29, 1.82) is 0 Å². The van der Waals surface area contributed by atoms with Crippen molar-refractivity contribution in [3.05, 3.63) is 56.4 Å². The van der Waals surface area contributed by atoms with Crippen molar-refractivity contribution in [2.75, 3.05) is 7.05 Å². The Morgan fingerprint density at radius 2 is 2.05 bits per heavy atom. The minimum atomic E-state index is 0.205. The molecule has 0 aliphatic carbocycles. The molecule has 102 valence electrons. The standard InChI is InChI=1S/C15H17BrClNO/c1-9-6-13(10(2)19-9)15(18-3)7-11-4-5-12(16)8-14(11)17/h4-6,8,15,18H,7H2,1-3H3. The van der Waals surface area contributed by atoms with Crippen LogP contribution in [0.25, 0.3) is 0 Å². The van der Waals surface area contributed by atoms with Crippen LogP contribution in [-0.2, 0) is 6.42 Å². The predicted octanol–water partition coefficient (Wildman–Crippen LogP) is 4.82. The minimum absolute atomic E-state index is 0.205. The van der Waals surface area contributed by atoms with Crippen molar-refractivity contribution in [1.82, 2.24) is 5.32 Å². The number of nitrogens with one attached hydrogen (secondary N) is 1. The van der Waals surface area contributed by atoms with E-state index in [-0.39, 0.29) is 6.04 Å². The Balaban J connectivity index is 2.26. The molecule has 0 spiro atoms. The quantitative estimate of drug-likeness (QED) is 0.862. The highest BCUT2D eigenvalue weighted by molar-refractivity contribution is 9.10. The fraction of sp³-hybridized carbons (Fsp3) is 0.333. The van der Waals surface area contributed by atoms with E-state index in [2.05, 4.69) is 33.4 Å². The number of hydrogen-bond acceptors (Lipinski definition) is 2. The number of aryl methyl sites for hydroxylation is 2. The lowest BCUT2D eigenvalue weighted by Gasteiger charge is -2.16. The molecule has 1 N–H and O–H groups in total. The van der Waals surface area contributed by atoms with Gasteiger partial charge in [0.15, 0.2) is 0 Å². The van der Waals surface area contributed by atoms with E-state index in [1.165, 1.54) is 5.56 Å². The van der Waals surface area contributed by atoms with Crippen LogP contribution < -0.4 is 5.32 Å². The number of benzene rings is 1. The Morgan fingerprint density at radius 1 is 1.32 bits per heavy atom. The summed E-state index contributed by atoms with van der Waals surface area (Å²) in [6, 6.07) is 8.29. The van der Waals surface area contributed by atoms with Crippen LogP contribution in [0.5, 0.6) is 0 Å². The van der Waals surface area contributed by atoms with Gasteiger partial charge in [-0.15, -0.1) is 0 Å². The summed E-state index contributed by atoms with van der Waals surface area (Å²) in [6.45, 7) is 3.96. The lowest BCUT2D eigenvalue weighted by molar-refractivity contribution is 0.490. The Morgan fingerprint density at radius 3 is 2.58 bits per heavy atom. The lowest BCUT2D eigenvalue weighted by Crippen LogP contribution is -2.19. The van der Waals surface area contributed by atoms with E-state index in [4.69, 9.17) is 16.0 Å². The van der Waals surface area contributed by atoms with E-state index < -0.39 is 0 Å². The first kappa shape index (κ1) is 14.6. The van der Waals surface area contributed by atoms with Crippen LogP contribution in [0.4, 0.5) is 0 Å². The van der Waals surface area contributed by atoms with E-state index >= 15 is 0 Å². The molecule has 0 aliphatic rings. The zero-order chi connectivity index (χ0) is 14.0. The molecule has 0 saturated carbocycles. The largest absolute Gasteiger partial charge is 0.466 e. The van der Waals surface area contributed by atoms with E-state index in [1.54, 1.807) is 0 Å². The molecule has 4 heteroatoms. The van der Waals surface area contributed by atoms with Gasteiger partial charge in [0.2, 0.25) is 0 Å². The van der Waals surface area contributed by atoms with Crippen LogP contribution in [0.3, 0.4) is 0 Å². The first-order chi connectivity index (χ1) is 9.01. The van der Waals surface area contributed by atoms with Crippen molar-refractivity contribution in [3.63, 3.8) is 0 Å². The molecule has 1 unspecified atom stereocenters. The van der Waals surface area contributed by atoms with Crippen molar-refractivity contribution in [2.45, 2.75) is 26.3 Å². The number of rotatable bonds is 4. The zero-order valence-electron chi connectivity index (χ0n) is 11.3. The Bertz CT molecular complexity index is 580. The predicted molar refractivity (Wildman–Crippen MR) is 82.8 cm³/mol. The van der Waals surface area contributed by atoms with Crippen LogP contribution in [0.1, 0.15) is 28.7 Å². The number of halogens is 2. The van der Waals surface area contributed by atoms with Gasteiger partial charge in [-0.1, -0.05) is 33.6 Å². The van der Waals surface area contributed by atoms with Gasteiger partial charge in [0.25, 0.3) is 0 Å². The zero-order valence-corrected chi connectivity index (χ0v) is 13.6. The van der Waals surface area contributed by atoms with Gasteiger partial charge in [-0.3, -0.25) is 0 Å². The van der Waals surface area contributed by atoms with Crippen molar-refractivity contribution in [3.8, 4) is 0 Å². The smallest absolute Gasteiger partial charge is 0.105 e. The average Bonchev–Trinajstić information content (AvgIpc) is 2.68. The summed E-state index contributed by atoms with van der Waals surface area (Å²) in [5.74, 6) is 1.90. The van der Waals surface area contributed by atoms with E-state index in [0.29, 0.717) is 0 Å². The first-order valence-corrected chi connectivity index (χ1v) is 7.36. The van der Waals surface area contributed by atoms with Gasteiger partial charge >= 0.3 is 0 Å². The van der Waals surface area contributed by atoms with Crippen molar-refractivity contribution >= 4 is 27.5 Å².